The van der Waals surface area contributed by atoms with E-state index in [0.717, 1.165) is 23.0 Å². The summed E-state index contributed by atoms with van der Waals surface area (Å²) in [4.78, 5) is 0. The molecule has 1 aromatic rings. The first-order valence-corrected chi connectivity index (χ1v) is 6.77. The zero-order valence-corrected chi connectivity index (χ0v) is 12.6. The normalized spacial score (nSPS) is 13.8. The van der Waals surface area contributed by atoms with Crippen molar-refractivity contribution < 1.29 is 4.39 Å². The molecule has 0 aliphatic carbocycles. The molecule has 3 heteroatoms. The molecule has 1 rings (SSSR count). The van der Waals surface area contributed by atoms with Crippen LogP contribution in [-0.2, 0) is 0 Å². The molecule has 1 unspecified atom stereocenters. The molecule has 0 radical (unpaired) electrons. The maximum atomic E-state index is 13.0. The van der Waals surface area contributed by atoms with Crippen molar-refractivity contribution in [2.45, 2.75) is 40.2 Å². The molecular formula is C14H21BrFN. The Balaban J connectivity index is 2.55. The van der Waals surface area contributed by atoms with Crippen molar-refractivity contribution in [2.24, 2.45) is 5.41 Å². The Labute approximate surface area is 112 Å². The lowest BCUT2D eigenvalue weighted by Crippen LogP contribution is -2.23. The molecule has 1 aromatic carbocycles. The van der Waals surface area contributed by atoms with E-state index in [9.17, 15) is 4.39 Å². The van der Waals surface area contributed by atoms with Gasteiger partial charge in [-0.05, 0) is 43.0 Å². The maximum Gasteiger partial charge on any atom is 0.124 e. The summed E-state index contributed by atoms with van der Waals surface area (Å²) in [6.07, 6.45) is 1.12. The van der Waals surface area contributed by atoms with Crippen LogP contribution in [0.3, 0.4) is 0 Å². The molecule has 0 aliphatic heterocycles. The van der Waals surface area contributed by atoms with E-state index in [2.05, 4.69) is 48.9 Å². The lowest BCUT2D eigenvalue weighted by atomic mass is 9.92. The molecule has 0 bridgehead atoms. The van der Waals surface area contributed by atoms with Gasteiger partial charge in [-0.25, -0.2) is 4.39 Å². The molecule has 0 aromatic heterocycles. The van der Waals surface area contributed by atoms with Crippen LogP contribution in [-0.4, -0.2) is 6.54 Å². The van der Waals surface area contributed by atoms with Crippen LogP contribution in [0.4, 0.5) is 4.39 Å². The van der Waals surface area contributed by atoms with Gasteiger partial charge in [-0.3, -0.25) is 0 Å². The van der Waals surface area contributed by atoms with Crippen molar-refractivity contribution in [3.05, 3.63) is 34.1 Å². The van der Waals surface area contributed by atoms with Gasteiger partial charge in [0.2, 0.25) is 0 Å². The number of hydrogen-bond donors (Lipinski definition) is 1. The van der Waals surface area contributed by atoms with E-state index in [1.54, 1.807) is 0 Å². The van der Waals surface area contributed by atoms with Gasteiger partial charge in [0.25, 0.3) is 0 Å². The molecule has 1 N–H and O–H groups in total. The van der Waals surface area contributed by atoms with Gasteiger partial charge in [0, 0.05) is 10.5 Å². The third kappa shape index (κ3) is 5.17. The van der Waals surface area contributed by atoms with Gasteiger partial charge in [0.1, 0.15) is 5.82 Å². The Morgan fingerprint density at radius 3 is 2.53 bits per heavy atom. The molecule has 0 aliphatic rings. The van der Waals surface area contributed by atoms with Crippen LogP contribution in [0.15, 0.2) is 22.7 Å². The summed E-state index contributed by atoms with van der Waals surface area (Å²) in [5.41, 5.74) is 1.44. The van der Waals surface area contributed by atoms with Crippen LogP contribution in [0.25, 0.3) is 0 Å². The lowest BCUT2D eigenvalue weighted by molar-refractivity contribution is 0.358. The Morgan fingerprint density at radius 1 is 1.35 bits per heavy atom. The molecule has 0 heterocycles. The van der Waals surface area contributed by atoms with Gasteiger partial charge in [0.15, 0.2) is 0 Å². The number of benzene rings is 1. The van der Waals surface area contributed by atoms with Crippen LogP contribution < -0.4 is 5.32 Å². The number of hydrogen-bond acceptors (Lipinski definition) is 1. The Kier molecular flexibility index (Phi) is 5.14. The van der Waals surface area contributed by atoms with Gasteiger partial charge in [-0.1, -0.05) is 42.8 Å². The van der Waals surface area contributed by atoms with E-state index in [1.165, 1.54) is 12.1 Å². The maximum absolute atomic E-state index is 13.0. The third-order valence-corrected chi connectivity index (χ3v) is 3.44. The smallest absolute Gasteiger partial charge is 0.124 e. The highest BCUT2D eigenvalue weighted by atomic mass is 79.9. The fourth-order valence-electron chi connectivity index (χ4n) is 1.63. The van der Waals surface area contributed by atoms with Crippen LogP contribution in [0.5, 0.6) is 0 Å². The summed E-state index contributed by atoms with van der Waals surface area (Å²) in [6, 6.07) is 5.07. The van der Waals surface area contributed by atoms with Crippen LogP contribution >= 0.6 is 15.9 Å². The molecule has 0 amide bonds. The predicted molar refractivity (Wildman–Crippen MR) is 74.6 cm³/mol. The second-order valence-electron chi connectivity index (χ2n) is 5.65. The summed E-state index contributed by atoms with van der Waals surface area (Å²) in [5.74, 6) is -0.206. The molecule has 1 nitrogen and oxygen atoms in total. The van der Waals surface area contributed by atoms with Crippen LogP contribution in [0.1, 0.15) is 45.7 Å². The highest BCUT2D eigenvalue weighted by molar-refractivity contribution is 9.10. The zero-order valence-electron chi connectivity index (χ0n) is 11.0. The predicted octanol–water partition coefficient (Wildman–Crippen LogP) is 4.68. The molecule has 0 spiro atoms. The second kappa shape index (κ2) is 5.96. The van der Waals surface area contributed by atoms with E-state index in [-0.39, 0.29) is 11.9 Å². The van der Waals surface area contributed by atoms with Gasteiger partial charge in [0.05, 0.1) is 0 Å². The molecule has 0 fully saturated rings. The average molecular weight is 302 g/mol. The quantitative estimate of drug-likeness (QED) is 0.852. The van der Waals surface area contributed by atoms with E-state index in [4.69, 9.17) is 0 Å². The number of rotatable bonds is 4. The third-order valence-electron chi connectivity index (χ3n) is 2.75. The molecular weight excluding hydrogens is 281 g/mol. The van der Waals surface area contributed by atoms with Crippen molar-refractivity contribution in [2.75, 3.05) is 6.54 Å². The Hall–Kier alpha value is -0.410. The summed E-state index contributed by atoms with van der Waals surface area (Å²) in [6.45, 7) is 9.75. The number of halogens is 2. The van der Waals surface area contributed by atoms with Gasteiger partial charge >= 0.3 is 0 Å². The summed E-state index contributed by atoms with van der Waals surface area (Å²) in [5, 5.41) is 3.46. The minimum absolute atomic E-state index is 0.206. The van der Waals surface area contributed by atoms with Gasteiger partial charge < -0.3 is 5.32 Å². The van der Waals surface area contributed by atoms with Crippen molar-refractivity contribution in [3.63, 3.8) is 0 Å². The molecule has 96 valence electrons. The van der Waals surface area contributed by atoms with E-state index < -0.39 is 0 Å². The molecule has 1 atom stereocenters. The largest absolute Gasteiger partial charge is 0.310 e. The minimum atomic E-state index is -0.206. The van der Waals surface area contributed by atoms with Gasteiger partial charge in [-0.15, -0.1) is 0 Å². The van der Waals surface area contributed by atoms with E-state index >= 15 is 0 Å². The first-order valence-electron chi connectivity index (χ1n) is 5.98. The van der Waals surface area contributed by atoms with Crippen LogP contribution in [0.2, 0.25) is 0 Å². The minimum Gasteiger partial charge on any atom is -0.310 e. The monoisotopic (exact) mass is 301 g/mol. The second-order valence-corrected chi connectivity index (χ2v) is 6.51. The first-order chi connectivity index (χ1) is 7.79. The Morgan fingerprint density at radius 2 is 2.00 bits per heavy atom. The zero-order chi connectivity index (χ0) is 13.1. The SMILES string of the molecule is CC(NCCC(C)(C)C)c1ccc(F)cc1Br. The van der Waals surface area contributed by atoms with Gasteiger partial charge in [-0.2, -0.15) is 0 Å². The number of nitrogens with one attached hydrogen (secondary N) is 1. The molecule has 0 saturated carbocycles. The highest BCUT2D eigenvalue weighted by Gasteiger charge is 2.12. The fourth-order valence-corrected chi connectivity index (χ4v) is 2.32. The Bertz CT molecular complexity index is 371. The van der Waals surface area contributed by atoms with Crippen molar-refractivity contribution in [1.29, 1.82) is 0 Å². The lowest BCUT2D eigenvalue weighted by Gasteiger charge is -2.21. The summed E-state index contributed by atoms with van der Waals surface area (Å²) in [7, 11) is 0. The fraction of sp³-hybridized carbons (Fsp3) is 0.571. The van der Waals surface area contributed by atoms with Crippen molar-refractivity contribution in [3.8, 4) is 0 Å². The molecule has 17 heavy (non-hydrogen) atoms. The molecule has 0 saturated heterocycles. The highest BCUT2D eigenvalue weighted by Crippen LogP contribution is 2.25. The topological polar surface area (TPSA) is 12.0 Å². The van der Waals surface area contributed by atoms with Crippen LogP contribution in [0, 0.1) is 11.2 Å². The van der Waals surface area contributed by atoms with E-state index in [1.807, 2.05) is 6.07 Å². The average Bonchev–Trinajstić information content (AvgIpc) is 2.15. The van der Waals surface area contributed by atoms with Crippen molar-refractivity contribution in [1.82, 2.24) is 5.32 Å². The summed E-state index contributed by atoms with van der Waals surface area (Å²) < 4.78 is 13.8. The summed E-state index contributed by atoms with van der Waals surface area (Å²) >= 11 is 3.40. The van der Waals surface area contributed by atoms with Crippen molar-refractivity contribution >= 4 is 15.9 Å². The van der Waals surface area contributed by atoms with E-state index in [0.29, 0.717) is 5.41 Å². The first kappa shape index (κ1) is 14.7. The standard InChI is InChI=1S/C14H21BrFN/c1-10(17-8-7-14(2,3)4)12-6-5-11(16)9-13(12)15/h5-6,9-10,17H,7-8H2,1-4H3.